The molecule has 0 spiro atoms. The molecule has 0 aromatic heterocycles. The molecule has 142 valence electrons. The van der Waals surface area contributed by atoms with Crippen LogP contribution >= 0.6 is 0 Å². The first-order valence-corrected chi connectivity index (χ1v) is 9.34. The van der Waals surface area contributed by atoms with Gasteiger partial charge in [0.15, 0.2) is 0 Å². The van der Waals surface area contributed by atoms with Gasteiger partial charge < -0.3 is 15.0 Å². The minimum Gasteiger partial charge on any atom is -0.550 e. The average Bonchev–Trinajstić information content (AvgIpc) is 2.53. The van der Waals surface area contributed by atoms with E-state index in [-0.39, 0.29) is 49.5 Å². The van der Waals surface area contributed by atoms with Crippen LogP contribution in [0.5, 0.6) is 0 Å². The van der Waals surface area contributed by atoms with E-state index in [0.29, 0.717) is 6.42 Å². The SMILES string of the molecule is C.CCC(O)CC/C=C\CCCCCCC/C=C\CCCC(=O)[O-].[Na+]. The Morgan fingerprint density at radius 3 is 1.80 bits per heavy atom. The van der Waals surface area contributed by atoms with Gasteiger partial charge in [-0.05, 0) is 64.2 Å². The minimum absolute atomic E-state index is 0. The summed E-state index contributed by atoms with van der Waals surface area (Å²) in [5, 5.41) is 19.6. The smallest absolute Gasteiger partial charge is 0.550 e. The molecule has 1 N–H and O–H groups in total. The van der Waals surface area contributed by atoms with Crippen LogP contribution in [-0.2, 0) is 4.79 Å². The van der Waals surface area contributed by atoms with Gasteiger partial charge in [0, 0.05) is 5.97 Å². The summed E-state index contributed by atoms with van der Waals surface area (Å²) in [7, 11) is 0. The van der Waals surface area contributed by atoms with Gasteiger partial charge in [0.25, 0.3) is 0 Å². The third kappa shape index (κ3) is 26.3. The number of aliphatic carboxylic acids is 1. The van der Waals surface area contributed by atoms with Crippen LogP contribution < -0.4 is 34.7 Å². The zero-order chi connectivity index (χ0) is 17.2. The molecule has 0 aliphatic rings. The molecule has 1 unspecified atom stereocenters. The first kappa shape index (κ1) is 29.7. The van der Waals surface area contributed by atoms with Crippen molar-refractivity contribution in [1.82, 2.24) is 0 Å². The topological polar surface area (TPSA) is 60.4 Å². The van der Waals surface area contributed by atoms with Crippen LogP contribution in [0, 0.1) is 0 Å². The number of hydrogen-bond donors (Lipinski definition) is 1. The largest absolute Gasteiger partial charge is 1.00 e. The summed E-state index contributed by atoms with van der Waals surface area (Å²) in [5.74, 6) is -0.952. The van der Waals surface area contributed by atoms with E-state index in [4.69, 9.17) is 0 Å². The molecule has 0 amide bonds. The number of carbonyl (C=O) groups excluding carboxylic acids is 1. The van der Waals surface area contributed by atoms with Crippen LogP contribution in [0.15, 0.2) is 24.3 Å². The Bertz CT molecular complexity index is 327. The van der Waals surface area contributed by atoms with E-state index in [1.165, 1.54) is 32.1 Å². The Labute approximate surface area is 178 Å². The van der Waals surface area contributed by atoms with E-state index in [1.807, 2.05) is 6.92 Å². The van der Waals surface area contributed by atoms with E-state index in [2.05, 4.69) is 24.3 Å². The van der Waals surface area contributed by atoms with Crippen molar-refractivity contribution in [3.05, 3.63) is 24.3 Å². The second kappa shape index (κ2) is 23.9. The number of allylic oxidation sites excluding steroid dienone is 4. The van der Waals surface area contributed by atoms with Gasteiger partial charge in [-0.2, -0.15) is 0 Å². The van der Waals surface area contributed by atoms with Gasteiger partial charge in [0.2, 0.25) is 0 Å². The summed E-state index contributed by atoms with van der Waals surface area (Å²) in [6.45, 7) is 2.02. The van der Waals surface area contributed by atoms with Gasteiger partial charge >= 0.3 is 29.6 Å². The van der Waals surface area contributed by atoms with Crippen molar-refractivity contribution in [3.8, 4) is 0 Å². The van der Waals surface area contributed by atoms with E-state index < -0.39 is 5.97 Å². The van der Waals surface area contributed by atoms with Crippen molar-refractivity contribution in [1.29, 1.82) is 0 Å². The first-order chi connectivity index (χ1) is 11.2. The van der Waals surface area contributed by atoms with E-state index in [1.54, 1.807) is 0 Å². The minimum atomic E-state index is -0.952. The second-order valence-electron chi connectivity index (χ2n) is 6.19. The molecule has 0 heterocycles. The summed E-state index contributed by atoms with van der Waals surface area (Å²) in [6.07, 6.45) is 21.6. The molecule has 0 fully saturated rings. The molecule has 1 atom stereocenters. The molecule has 0 aliphatic carbocycles. The van der Waals surface area contributed by atoms with Gasteiger partial charge in [-0.3, -0.25) is 0 Å². The molecule has 0 aromatic rings. The number of carbonyl (C=O) groups is 1. The molecule has 0 aliphatic heterocycles. The van der Waals surface area contributed by atoms with Crippen LogP contribution in [-0.4, -0.2) is 17.2 Å². The normalized spacial score (nSPS) is 12.1. The van der Waals surface area contributed by atoms with Crippen molar-refractivity contribution in [2.75, 3.05) is 0 Å². The monoisotopic (exact) mass is 362 g/mol. The molecule has 0 saturated carbocycles. The van der Waals surface area contributed by atoms with Crippen LogP contribution in [0.4, 0.5) is 0 Å². The Hall–Kier alpha value is -0.0900. The van der Waals surface area contributed by atoms with Gasteiger partial charge in [-0.1, -0.05) is 57.9 Å². The van der Waals surface area contributed by atoms with Crippen molar-refractivity contribution in [3.63, 3.8) is 0 Å². The number of aliphatic hydroxyl groups is 1. The molecule has 0 saturated heterocycles. The summed E-state index contributed by atoms with van der Waals surface area (Å²) >= 11 is 0. The van der Waals surface area contributed by atoms with Crippen molar-refractivity contribution >= 4 is 5.97 Å². The average molecular weight is 363 g/mol. The maximum absolute atomic E-state index is 10.2. The second-order valence-corrected chi connectivity index (χ2v) is 6.19. The molecule has 0 bridgehead atoms. The fraction of sp³-hybridized carbons (Fsp3) is 0.762. The van der Waals surface area contributed by atoms with Crippen LogP contribution in [0.2, 0.25) is 0 Å². The zero-order valence-corrected chi connectivity index (χ0v) is 17.8. The summed E-state index contributed by atoms with van der Waals surface area (Å²) < 4.78 is 0. The van der Waals surface area contributed by atoms with E-state index >= 15 is 0 Å². The molecular weight excluding hydrogens is 323 g/mol. The third-order valence-corrected chi connectivity index (χ3v) is 3.96. The summed E-state index contributed by atoms with van der Waals surface area (Å²) in [4.78, 5) is 10.2. The maximum Gasteiger partial charge on any atom is 1.00 e. The number of rotatable bonds is 16. The molecule has 0 radical (unpaired) electrons. The van der Waals surface area contributed by atoms with Crippen LogP contribution in [0.1, 0.15) is 97.8 Å². The Morgan fingerprint density at radius 2 is 1.32 bits per heavy atom. The number of carboxylic acid groups (broad SMARTS) is 1. The van der Waals surface area contributed by atoms with E-state index in [0.717, 1.165) is 38.5 Å². The van der Waals surface area contributed by atoms with Gasteiger partial charge in [0.05, 0.1) is 6.10 Å². The Kier molecular flexibility index (Phi) is 28.4. The fourth-order valence-corrected chi connectivity index (χ4v) is 2.38. The molecule has 3 nitrogen and oxygen atoms in total. The van der Waals surface area contributed by atoms with Gasteiger partial charge in [-0.25, -0.2) is 0 Å². The number of carboxylic acids is 1. The maximum atomic E-state index is 10.2. The molecule has 0 rings (SSSR count). The predicted octanol–water partition coefficient (Wildman–Crippen LogP) is 1.94. The van der Waals surface area contributed by atoms with Gasteiger partial charge in [-0.15, -0.1) is 0 Å². The fourth-order valence-electron chi connectivity index (χ4n) is 2.38. The Balaban J connectivity index is -0.00000242. The molecule has 4 heteroatoms. The van der Waals surface area contributed by atoms with Crippen LogP contribution in [0.25, 0.3) is 0 Å². The zero-order valence-electron chi connectivity index (χ0n) is 15.8. The van der Waals surface area contributed by atoms with Crippen molar-refractivity contribution < 1.29 is 44.6 Å². The van der Waals surface area contributed by atoms with Gasteiger partial charge in [0.1, 0.15) is 0 Å². The molecule has 25 heavy (non-hydrogen) atoms. The number of unbranched alkanes of at least 4 members (excludes halogenated alkanes) is 7. The molecule has 0 aromatic carbocycles. The number of aliphatic hydroxyl groups excluding tert-OH is 1. The van der Waals surface area contributed by atoms with Crippen molar-refractivity contribution in [2.24, 2.45) is 0 Å². The van der Waals surface area contributed by atoms with E-state index in [9.17, 15) is 15.0 Å². The Morgan fingerprint density at radius 1 is 0.880 bits per heavy atom. The number of hydrogen-bond acceptors (Lipinski definition) is 3. The van der Waals surface area contributed by atoms with Crippen molar-refractivity contribution in [2.45, 2.75) is 104 Å². The summed E-state index contributed by atoms with van der Waals surface area (Å²) in [5.41, 5.74) is 0. The predicted molar refractivity (Wildman–Crippen MR) is 102 cm³/mol. The third-order valence-electron chi connectivity index (χ3n) is 3.96. The standard InChI is InChI=1S/C20H36O3.CH4.Na/c1-2-19(21)17-15-13-11-9-7-5-3-4-6-8-10-12-14-16-18-20(22)23;;/h10-13,19,21H,2-9,14-18H2,1H3,(H,22,23);1H4;/q;;+1/p-1/b12-10-,13-11-;;. The molecular formula is C21H39NaO3. The summed E-state index contributed by atoms with van der Waals surface area (Å²) in [6, 6.07) is 0. The quantitative estimate of drug-likeness (QED) is 0.259. The first-order valence-electron chi connectivity index (χ1n) is 9.34. The van der Waals surface area contributed by atoms with Crippen LogP contribution in [0.3, 0.4) is 0 Å².